The van der Waals surface area contributed by atoms with E-state index in [0.29, 0.717) is 0 Å². The fourth-order valence-electron chi connectivity index (χ4n) is 0.592. The van der Waals surface area contributed by atoms with Crippen LogP contribution >= 0.6 is 11.8 Å². The first kappa shape index (κ1) is 11.3. The molecule has 0 aromatic carbocycles. The Hall–Kier alpha value is 0.270. The first-order chi connectivity index (χ1) is 5.06. The van der Waals surface area contributed by atoms with Gasteiger partial charge in [0, 0.05) is 18.1 Å². The third kappa shape index (κ3) is 10.3. The van der Waals surface area contributed by atoms with Gasteiger partial charge in [0.05, 0.1) is 12.2 Å². The van der Waals surface area contributed by atoms with Crippen LogP contribution in [0.25, 0.3) is 0 Å². The van der Waals surface area contributed by atoms with Crippen LogP contribution in [0.3, 0.4) is 0 Å². The van der Waals surface area contributed by atoms with E-state index in [-0.39, 0.29) is 5.60 Å². The summed E-state index contributed by atoms with van der Waals surface area (Å²) in [5.74, 6) is 2.09. The minimum atomic E-state index is 0.00325. The fourth-order valence-corrected chi connectivity index (χ4v) is 1.16. The van der Waals surface area contributed by atoms with Gasteiger partial charge in [-0.3, -0.25) is 0 Å². The molecule has 0 heterocycles. The summed E-state index contributed by atoms with van der Waals surface area (Å²) in [6, 6.07) is 0. The van der Waals surface area contributed by atoms with Gasteiger partial charge in [-0.05, 0) is 20.8 Å². The van der Waals surface area contributed by atoms with Crippen molar-refractivity contribution >= 4 is 11.8 Å². The first-order valence-corrected chi connectivity index (χ1v) is 5.13. The van der Waals surface area contributed by atoms with Crippen molar-refractivity contribution in [3.05, 3.63) is 0 Å². The van der Waals surface area contributed by atoms with Crippen LogP contribution in [0.1, 0.15) is 20.8 Å². The maximum atomic E-state index is 5.51. The summed E-state index contributed by atoms with van der Waals surface area (Å²) < 4.78 is 5.51. The van der Waals surface area contributed by atoms with E-state index in [1.54, 1.807) is 0 Å². The lowest BCUT2D eigenvalue weighted by atomic mass is 10.2. The molecule has 0 aliphatic carbocycles. The van der Waals surface area contributed by atoms with Crippen molar-refractivity contribution in [3.63, 3.8) is 0 Å². The van der Waals surface area contributed by atoms with E-state index in [2.05, 4.69) is 20.8 Å². The Kier molecular flexibility index (Phi) is 6.01. The third-order valence-electron chi connectivity index (χ3n) is 1.02. The highest BCUT2D eigenvalue weighted by atomic mass is 32.2. The van der Waals surface area contributed by atoms with Crippen molar-refractivity contribution in [3.8, 4) is 0 Å². The highest BCUT2D eigenvalue weighted by Gasteiger charge is 2.08. The molecule has 0 unspecified atom stereocenters. The minimum absolute atomic E-state index is 0.00325. The molecule has 0 aromatic rings. The minimum Gasteiger partial charge on any atom is -0.375 e. The molecular weight excluding hydrogens is 158 g/mol. The second kappa shape index (κ2) is 5.86. The Balaban J connectivity index is 3.02. The summed E-state index contributed by atoms with van der Waals surface area (Å²) >= 11 is 1.84. The predicted octanol–water partition coefficient (Wildman–Crippen LogP) is 1.49. The van der Waals surface area contributed by atoms with Crippen LogP contribution in [0, 0.1) is 0 Å². The molecule has 0 bridgehead atoms. The Morgan fingerprint density at radius 3 is 2.36 bits per heavy atom. The van der Waals surface area contributed by atoms with Crippen LogP contribution in [-0.4, -0.2) is 30.3 Å². The van der Waals surface area contributed by atoms with Crippen molar-refractivity contribution in [1.29, 1.82) is 0 Å². The Morgan fingerprint density at radius 1 is 1.27 bits per heavy atom. The summed E-state index contributed by atoms with van der Waals surface area (Å²) in [4.78, 5) is 0. The average Bonchev–Trinajstić information content (AvgIpc) is 1.85. The molecule has 0 saturated heterocycles. The molecule has 0 aliphatic rings. The number of ether oxygens (including phenoxy) is 1. The Bertz CT molecular complexity index is 90.6. The van der Waals surface area contributed by atoms with Crippen LogP contribution in [-0.2, 0) is 4.74 Å². The molecule has 0 aromatic heterocycles. The quantitative estimate of drug-likeness (QED) is 0.646. The predicted molar refractivity (Wildman–Crippen MR) is 52.1 cm³/mol. The molecular formula is C8H19NOS. The molecule has 0 amide bonds. The normalized spacial score (nSPS) is 12.0. The van der Waals surface area contributed by atoms with Crippen LogP contribution in [0.4, 0.5) is 0 Å². The summed E-state index contributed by atoms with van der Waals surface area (Å²) in [5, 5.41) is 0. The molecule has 2 nitrogen and oxygen atoms in total. The molecule has 0 fully saturated rings. The highest BCUT2D eigenvalue weighted by molar-refractivity contribution is 7.99. The van der Waals surface area contributed by atoms with E-state index in [4.69, 9.17) is 10.5 Å². The smallest absolute Gasteiger partial charge is 0.0598 e. The van der Waals surface area contributed by atoms with E-state index in [9.17, 15) is 0 Å². The molecule has 0 saturated carbocycles. The van der Waals surface area contributed by atoms with Gasteiger partial charge in [0.1, 0.15) is 0 Å². The SMILES string of the molecule is CC(C)(C)OCCSCCN. The second-order valence-electron chi connectivity index (χ2n) is 3.36. The van der Waals surface area contributed by atoms with Crippen LogP contribution in [0.5, 0.6) is 0 Å². The van der Waals surface area contributed by atoms with Crippen LogP contribution < -0.4 is 5.73 Å². The maximum absolute atomic E-state index is 5.51. The number of hydrogen-bond donors (Lipinski definition) is 1. The van der Waals surface area contributed by atoms with Gasteiger partial charge in [0.2, 0.25) is 0 Å². The second-order valence-corrected chi connectivity index (χ2v) is 4.59. The van der Waals surface area contributed by atoms with E-state index < -0.39 is 0 Å². The van der Waals surface area contributed by atoms with E-state index in [1.807, 2.05) is 11.8 Å². The van der Waals surface area contributed by atoms with Gasteiger partial charge in [-0.25, -0.2) is 0 Å². The Labute approximate surface area is 73.9 Å². The van der Waals surface area contributed by atoms with E-state index in [0.717, 1.165) is 24.7 Å². The summed E-state index contributed by atoms with van der Waals surface area (Å²) in [6.45, 7) is 7.80. The van der Waals surface area contributed by atoms with Crippen molar-refractivity contribution in [1.82, 2.24) is 0 Å². The molecule has 0 rings (SSSR count). The zero-order valence-electron chi connectivity index (χ0n) is 7.72. The molecule has 3 heteroatoms. The lowest BCUT2D eigenvalue weighted by molar-refractivity contribution is 0.00695. The largest absolute Gasteiger partial charge is 0.375 e. The van der Waals surface area contributed by atoms with Gasteiger partial charge in [0.15, 0.2) is 0 Å². The van der Waals surface area contributed by atoms with Crippen molar-refractivity contribution in [2.75, 3.05) is 24.7 Å². The van der Waals surface area contributed by atoms with E-state index in [1.165, 1.54) is 0 Å². The van der Waals surface area contributed by atoms with Gasteiger partial charge in [-0.1, -0.05) is 0 Å². The van der Waals surface area contributed by atoms with Gasteiger partial charge < -0.3 is 10.5 Å². The van der Waals surface area contributed by atoms with Crippen molar-refractivity contribution < 1.29 is 4.74 Å². The van der Waals surface area contributed by atoms with Crippen molar-refractivity contribution in [2.24, 2.45) is 5.73 Å². The zero-order valence-corrected chi connectivity index (χ0v) is 8.54. The molecule has 0 spiro atoms. The zero-order chi connectivity index (χ0) is 8.74. The number of thioether (sulfide) groups is 1. The van der Waals surface area contributed by atoms with Crippen LogP contribution in [0.2, 0.25) is 0 Å². The summed E-state index contributed by atoms with van der Waals surface area (Å²) in [6.07, 6.45) is 0. The molecule has 11 heavy (non-hydrogen) atoms. The lowest BCUT2D eigenvalue weighted by Gasteiger charge is -2.19. The summed E-state index contributed by atoms with van der Waals surface area (Å²) in [7, 11) is 0. The van der Waals surface area contributed by atoms with Crippen molar-refractivity contribution in [2.45, 2.75) is 26.4 Å². The van der Waals surface area contributed by atoms with Gasteiger partial charge in [-0.2, -0.15) is 11.8 Å². The number of hydrogen-bond acceptors (Lipinski definition) is 3. The molecule has 2 N–H and O–H groups in total. The van der Waals surface area contributed by atoms with Crippen LogP contribution in [0.15, 0.2) is 0 Å². The highest BCUT2D eigenvalue weighted by Crippen LogP contribution is 2.07. The number of nitrogens with two attached hydrogens (primary N) is 1. The lowest BCUT2D eigenvalue weighted by Crippen LogP contribution is -2.20. The third-order valence-corrected chi connectivity index (χ3v) is 2.00. The molecule has 0 radical (unpaired) electrons. The monoisotopic (exact) mass is 177 g/mol. The average molecular weight is 177 g/mol. The van der Waals surface area contributed by atoms with Gasteiger partial charge >= 0.3 is 0 Å². The maximum Gasteiger partial charge on any atom is 0.0598 e. The first-order valence-electron chi connectivity index (χ1n) is 3.98. The topological polar surface area (TPSA) is 35.2 Å². The molecule has 68 valence electrons. The fraction of sp³-hybridized carbons (Fsp3) is 1.00. The molecule has 0 atom stereocenters. The van der Waals surface area contributed by atoms with Gasteiger partial charge in [-0.15, -0.1) is 0 Å². The Morgan fingerprint density at radius 2 is 1.91 bits per heavy atom. The standard InChI is InChI=1S/C8H19NOS/c1-8(2,3)10-5-7-11-6-4-9/h4-7,9H2,1-3H3. The number of rotatable bonds is 5. The molecule has 0 aliphatic heterocycles. The van der Waals surface area contributed by atoms with Gasteiger partial charge in [0.25, 0.3) is 0 Å². The van der Waals surface area contributed by atoms with E-state index >= 15 is 0 Å². The summed E-state index contributed by atoms with van der Waals surface area (Å²) in [5.41, 5.74) is 5.34.